The highest BCUT2D eigenvalue weighted by Crippen LogP contribution is 2.23. The van der Waals surface area contributed by atoms with Crippen LogP contribution in [0.1, 0.15) is 25.1 Å². The summed E-state index contributed by atoms with van der Waals surface area (Å²) in [7, 11) is 2.00. The Balaban J connectivity index is 0.00000364. The Bertz CT molecular complexity index is 736. The lowest BCUT2D eigenvalue weighted by Gasteiger charge is -2.22. The number of anilines is 1. The molecule has 3 N–H and O–H groups in total. The van der Waals surface area contributed by atoms with Crippen molar-refractivity contribution in [1.29, 1.82) is 0 Å². The fraction of sp³-hybridized carbons (Fsp3) is 0.556. The number of alkyl halides is 2. The van der Waals surface area contributed by atoms with E-state index in [4.69, 9.17) is 39.0 Å². The maximum atomic E-state index is 10.8. The van der Waals surface area contributed by atoms with E-state index >= 15 is 0 Å². The molecule has 6 nitrogen and oxygen atoms in total. The Kier molecular flexibility index (Phi) is 12.9. The fourth-order valence-electron chi connectivity index (χ4n) is 3.00. The summed E-state index contributed by atoms with van der Waals surface area (Å²) in [6, 6.07) is 5.42. The van der Waals surface area contributed by atoms with E-state index in [1.165, 1.54) is 0 Å². The monoisotopic (exact) mass is 472 g/mol. The molecule has 2 aromatic rings. The third-order valence-corrected chi connectivity index (χ3v) is 4.85. The molecule has 0 aliphatic rings. The van der Waals surface area contributed by atoms with Crippen LogP contribution in [0, 0.1) is 0 Å². The third-order valence-electron chi connectivity index (χ3n) is 4.51. The minimum Gasteiger partial charge on any atom is -0.480 e. The molecule has 0 saturated heterocycles. The molecule has 0 saturated carbocycles. The largest absolute Gasteiger partial charge is 0.480 e. The summed E-state index contributed by atoms with van der Waals surface area (Å²) >= 11 is 11.8. The Hall–Kier alpha value is -0.920. The number of rotatable bonds is 11. The first-order valence-electron chi connectivity index (χ1n) is 8.78. The molecule has 1 heterocycles. The molecule has 0 amide bonds. The van der Waals surface area contributed by atoms with E-state index in [0.29, 0.717) is 18.2 Å². The molecule has 1 aromatic carbocycles. The van der Waals surface area contributed by atoms with Gasteiger partial charge in [-0.05, 0) is 31.0 Å². The lowest BCUT2D eigenvalue weighted by molar-refractivity contribution is -0.138. The van der Waals surface area contributed by atoms with Crippen LogP contribution in [0.5, 0.6) is 0 Å². The summed E-state index contributed by atoms with van der Waals surface area (Å²) in [6.07, 6.45) is 2.89. The van der Waals surface area contributed by atoms with E-state index in [1.54, 1.807) is 0 Å². The standard InChI is InChI=1S/C18H26Cl2N4O2.2ClH/c1-23-16-7-6-13(24(10-8-19)11-9-20)12-15(16)22-17(23)5-3-2-4-14(21)18(25)26;;/h6-7,12,14H,2-5,8-11,21H2,1H3,(H,25,26);2*1H/t14-;;/m0../s1. The van der Waals surface area contributed by atoms with E-state index in [1.807, 2.05) is 7.05 Å². The molecule has 0 fully saturated rings. The number of nitrogens with two attached hydrogens (primary N) is 1. The molecule has 1 aromatic heterocycles. The molecule has 160 valence electrons. The average Bonchev–Trinajstić information content (AvgIpc) is 2.93. The van der Waals surface area contributed by atoms with Crippen LogP contribution >= 0.6 is 48.0 Å². The van der Waals surface area contributed by atoms with Crippen LogP contribution in [-0.4, -0.2) is 51.5 Å². The van der Waals surface area contributed by atoms with Crippen LogP contribution in [0.15, 0.2) is 18.2 Å². The number of benzene rings is 1. The molecular formula is C18H28Cl4N4O2. The Morgan fingerprint density at radius 1 is 1.25 bits per heavy atom. The number of carboxylic acids is 1. The summed E-state index contributed by atoms with van der Waals surface area (Å²) < 4.78 is 2.09. The molecule has 0 spiro atoms. The van der Waals surface area contributed by atoms with Gasteiger partial charge in [-0.25, -0.2) is 4.98 Å². The number of halogens is 4. The van der Waals surface area contributed by atoms with Crippen LogP contribution in [-0.2, 0) is 18.3 Å². The van der Waals surface area contributed by atoms with Crippen LogP contribution in [0.3, 0.4) is 0 Å². The van der Waals surface area contributed by atoms with Crippen molar-refractivity contribution in [3.05, 3.63) is 24.0 Å². The molecule has 0 aliphatic carbocycles. The third kappa shape index (κ3) is 7.16. The van der Waals surface area contributed by atoms with Gasteiger partial charge < -0.3 is 20.3 Å². The van der Waals surface area contributed by atoms with Gasteiger partial charge in [0, 0.05) is 44.0 Å². The average molecular weight is 474 g/mol. The molecule has 0 aliphatic heterocycles. The number of hydrogen-bond donors (Lipinski definition) is 2. The van der Waals surface area contributed by atoms with Crippen LogP contribution in [0.4, 0.5) is 5.69 Å². The van der Waals surface area contributed by atoms with Crippen molar-refractivity contribution in [2.45, 2.75) is 31.7 Å². The Morgan fingerprint density at radius 2 is 1.89 bits per heavy atom. The van der Waals surface area contributed by atoms with Crippen molar-refractivity contribution in [2.75, 3.05) is 29.7 Å². The van der Waals surface area contributed by atoms with Crippen molar-refractivity contribution in [3.8, 4) is 0 Å². The maximum absolute atomic E-state index is 10.8. The highest BCUT2D eigenvalue weighted by Gasteiger charge is 2.13. The number of carbonyl (C=O) groups is 1. The van der Waals surface area contributed by atoms with Crippen molar-refractivity contribution in [2.24, 2.45) is 12.8 Å². The molecule has 28 heavy (non-hydrogen) atoms. The molecule has 0 bridgehead atoms. The molecule has 0 unspecified atom stereocenters. The SMILES string of the molecule is Cl.Cl.Cn1c(CCCC[C@H](N)C(=O)O)nc2cc(N(CCCl)CCCl)ccc21. The van der Waals surface area contributed by atoms with Gasteiger partial charge in [0.15, 0.2) is 0 Å². The van der Waals surface area contributed by atoms with E-state index in [-0.39, 0.29) is 24.8 Å². The zero-order chi connectivity index (χ0) is 19.1. The first-order chi connectivity index (χ1) is 12.5. The molecular weight excluding hydrogens is 446 g/mol. The van der Waals surface area contributed by atoms with Gasteiger partial charge in [-0.1, -0.05) is 6.42 Å². The zero-order valence-electron chi connectivity index (χ0n) is 15.8. The van der Waals surface area contributed by atoms with Gasteiger partial charge in [-0.3, -0.25) is 4.79 Å². The van der Waals surface area contributed by atoms with Gasteiger partial charge in [-0.15, -0.1) is 48.0 Å². The second-order valence-corrected chi connectivity index (χ2v) is 7.07. The highest BCUT2D eigenvalue weighted by atomic mass is 35.5. The first-order valence-corrected chi connectivity index (χ1v) is 9.85. The number of aromatic nitrogens is 2. The number of unbranched alkanes of at least 4 members (excludes halogenated alkanes) is 1. The lowest BCUT2D eigenvalue weighted by Crippen LogP contribution is -2.29. The quantitative estimate of drug-likeness (QED) is 0.382. The lowest BCUT2D eigenvalue weighted by atomic mass is 10.1. The second-order valence-electron chi connectivity index (χ2n) is 6.32. The zero-order valence-corrected chi connectivity index (χ0v) is 19.0. The summed E-state index contributed by atoms with van der Waals surface area (Å²) in [5, 5.41) is 8.82. The van der Waals surface area contributed by atoms with E-state index in [2.05, 4.69) is 27.7 Å². The number of fused-ring (bicyclic) bond motifs is 1. The second kappa shape index (κ2) is 13.3. The fourth-order valence-corrected chi connectivity index (χ4v) is 3.41. The Labute approximate surface area is 188 Å². The summed E-state index contributed by atoms with van der Waals surface area (Å²) in [6.45, 7) is 1.48. The summed E-state index contributed by atoms with van der Waals surface area (Å²) in [5.74, 6) is 1.13. The van der Waals surface area contributed by atoms with Crippen molar-refractivity contribution in [1.82, 2.24) is 9.55 Å². The van der Waals surface area contributed by atoms with Gasteiger partial charge in [0.25, 0.3) is 0 Å². The normalized spacial score (nSPS) is 11.6. The van der Waals surface area contributed by atoms with Gasteiger partial charge in [0.05, 0.1) is 11.0 Å². The van der Waals surface area contributed by atoms with Crippen molar-refractivity contribution < 1.29 is 9.90 Å². The van der Waals surface area contributed by atoms with Crippen LogP contribution in [0.25, 0.3) is 11.0 Å². The number of aryl methyl sites for hydroxylation is 2. The molecule has 2 rings (SSSR count). The predicted octanol–water partition coefficient (Wildman–Crippen LogP) is 3.83. The van der Waals surface area contributed by atoms with Gasteiger partial charge >= 0.3 is 5.97 Å². The summed E-state index contributed by atoms with van der Waals surface area (Å²) in [4.78, 5) is 17.7. The van der Waals surface area contributed by atoms with E-state index in [0.717, 1.165) is 54.9 Å². The maximum Gasteiger partial charge on any atom is 0.320 e. The smallest absolute Gasteiger partial charge is 0.320 e. The molecule has 0 radical (unpaired) electrons. The number of aliphatic carboxylic acids is 1. The predicted molar refractivity (Wildman–Crippen MR) is 122 cm³/mol. The molecule has 1 atom stereocenters. The topological polar surface area (TPSA) is 84.4 Å². The number of nitrogens with zero attached hydrogens (tertiary/aromatic N) is 3. The highest BCUT2D eigenvalue weighted by molar-refractivity contribution is 6.18. The van der Waals surface area contributed by atoms with Gasteiger partial charge in [-0.2, -0.15) is 0 Å². The minimum atomic E-state index is -0.946. The minimum absolute atomic E-state index is 0. The Morgan fingerprint density at radius 3 is 2.46 bits per heavy atom. The van der Waals surface area contributed by atoms with E-state index in [9.17, 15) is 4.79 Å². The number of carboxylic acid groups (broad SMARTS) is 1. The summed E-state index contributed by atoms with van der Waals surface area (Å²) in [5.41, 5.74) is 8.62. The van der Waals surface area contributed by atoms with Crippen molar-refractivity contribution >= 4 is 70.7 Å². The first kappa shape index (κ1) is 27.1. The van der Waals surface area contributed by atoms with Crippen LogP contribution < -0.4 is 10.6 Å². The number of imidazole rings is 1. The van der Waals surface area contributed by atoms with Crippen molar-refractivity contribution in [3.63, 3.8) is 0 Å². The van der Waals surface area contributed by atoms with Gasteiger partial charge in [0.1, 0.15) is 11.9 Å². The van der Waals surface area contributed by atoms with Crippen LogP contribution in [0.2, 0.25) is 0 Å². The number of hydrogen-bond acceptors (Lipinski definition) is 4. The van der Waals surface area contributed by atoms with E-state index < -0.39 is 12.0 Å². The van der Waals surface area contributed by atoms with Gasteiger partial charge in [0.2, 0.25) is 0 Å². The molecule has 10 heteroatoms.